The Balaban J connectivity index is 2.29. The highest BCUT2D eigenvalue weighted by molar-refractivity contribution is 7.80. The van der Waals surface area contributed by atoms with Crippen LogP contribution in [-0.4, -0.2) is 29.2 Å². The number of ether oxygens (including phenoxy) is 1. The summed E-state index contributed by atoms with van der Waals surface area (Å²) in [6.45, 7) is 1.14. The van der Waals surface area contributed by atoms with E-state index in [1.807, 2.05) is 0 Å². The quantitative estimate of drug-likeness (QED) is 0.839. The number of alkyl halides is 3. The number of nitrogens with one attached hydrogen (secondary N) is 1. The van der Waals surface area contributed by atoms with E-state index in [0.717, 1.165) is 6.07 Å². The summed E-state index contributed by atoms with van der Waals surface area (Å²) >= 11 is 4.85. The molecule has 0 bridgehead atoms. The maximum Gasteiger partial charge on any atom is 0.433 e. The van der Waals surface area contributed by atoms with Gasteiger partial charge in [-0.25, -0.2) is 4.98 Å². The second kappa shape index (κ2) is 5.92. The normalized spacial score (nSPS) is 16.9. The smallest absolute Gasteiger partial charge is 0.389 e. The van der Waals surface area contributed by atoms with E-state index in [0.29, 0.717) is 31.6 Å². The number of anilines is 1. The highest BCUT2D eigenvalue weighted by Gasteiger charge is 2.33. The van der Waals surface area contributed by atoms with Crippen molar-refractivity contribution >= 4 is 23.0 Å². The summed E-state index contributed by atoms with van der Waals surface area (Å²) in [7, 11) is 0. The molecule has 0 aromatic carbocycles. The van der Waals surface area contributed by atoms with Gasteiger partial charge < -0.3 is 15.8 Å². The topological polar surface area (TPSA) is 60.2 Å². The molecule has 0 atom stereocenters. The zero-order valence-electron chi connectivity index (χ0n) is 10.5. The Morgan fingerprint density at radius 1 is 1.35 bits per heavy atom. The number of pyridine rings is 1. The number of hydrogen-bond acceptors (Lipinski definition) is 4. The first-order valence-electron chi connectivity index (χ1n) is 6.10. The van der Waals surface area contributed by atoms with Crippen LogP contribution in [0, 0.1) is 0 Å². The molecular weight excluding hydrogens is 291 g/mol. The van der Waals surface area contributed by atoms with Crippen LogP contribution in [0.1, 0.15) is 24.1 Å². The number of hydrogen-bond donors (Lipinski definition) is 2. The van der Waals surface area contributed by atoms with Gasteiger partial charge in [-0.1, -0.05) is 12.2 Å². The summed E-state index contributed by atoms with van der Waals surface area (Å²) in [5.74, 6) is 0.0826. The van der Waals surface area contributed by atoms with E-state index in [1.54, 1.807) is 0 Å². The molecule has 1 saturated heterocycles. The van der Waals surface area contributed by atoms with E-state index in [-0.39, 0.29) is 16.8 Å². The molecule has 0 radical (unpaired) electrons. The van der Waals surface area contributed by atoms with E-state index >= 15 is 0 Å². The van der Waals surface area contributed by atoms with Crippen molar-refractivity contribution in [2.75, 3.05) is 18.5 Å². The Kier molecular flexibility index (Phi) is 4.44. The minimum absolute atomic E-state index is 0.00725. The van der Waals surface area contributed by atoms with Crippen molar-refractivity contribution in [3.8, 4) is 0 Å². The second-order valence-electron chi connectivity index (χ2n) is 4.49. The van der Waals surface area contributed by atoms with Gasteiger partial charge in [0.1, 0.15) is 16.5 Å². The third-order valence-corrected chi connectivity index (χ3v) is 3.23. The van der Waals surface area contributed by atoms with Crippen LogP contribution in [-0.2, 0) is 10.9 Å². The molecule has 1 aliphatic heterocycles. The minimum Gasteiger partial charge on any atom is -0.389 e. The summed E-state index contributed by atoms with van der Waals surface area (Å²) in [4.78, 5) is 3.63. The molecule has 1 aromatic heterocycles. The molecule has 110 valence electrons. The number of rotatable bonds is 3. The van der Waals surface area contributed by atoms with Crippen LogP contribution >= 0.6 is 12.2 Å². The molecule has 1 aliphatic rings. The first kappa shape index (κ1) is 15.0. The maximum absolute atomic E-state index is 12.7. The fraction of sp³-hybridized carbons (Fsp3) is 0.500. The highest BCUT2D eigenvalue weighted by Crippen LogP contribution is 2.30. The van der Waals surface area contributed by atoms with E-state index in [4.69, 9.17) is 22.7 Å². The molecule has 20 heavy (non-hydrogen) atoms. The Labute approximate surface area is 119 Å². The fourth-order valence-corrected chi connectivity index (χ4v) is 2.13. The summed E-state index contributed by atoms with van der Waals surface area (Å²) in [6, 6.07) is 2.14. The summed E-state index contributed by atoms with van der Waals surface area (Å²) in [6.07, 6.45) is -3.09. The average molecular weight is 305 g/mol. The minimum atomic E-state index is -4.50. The SMILES string of the molecule is NC(=S)c1ccc(C(F)(F)F)nc1NC1CCOCC1. The molecule has 0 unspecified atom stereocenters. The van der Waals surface area contributed by atoms with Crippen molar-refractivity contribution < 1.29 is 17.9 Å². The second-order valence-corrected chi connectivity index (χ2v) is 4.93. The molecule has 0 saturated carbocycles. The predicted octanol–water partition coefficient (Wildman–Crippen LogP) is 2.33. The molecular formula is C12H14F3N3OS. The van der Waals surface area contributed by atoms with Gasteiger partial charge in [0, 0.05) is 19.3 Å². The molecule has 2 rings (SSSR count). The van der Waals surface area contributed by atoms with Crippen molar-refractivity contribution in [2.45, 2.75) is 25.1 Å². The Morgan fingerprint density at radius 3 is 2.55 bits per heavy atom. The molecule has 0 amide bonds. The zero-order valence-corrected chi connectivity index (χ0v) is 11.4. The average Bonchev–Trinajstić information content (AvgIpc) is 2.38. The molecule has 1 aromatic rings. The summed E-state index contributed by atoms with van der Waals surface area (Å²) in [5, 5.41) is 2.98. The Hall–Kier alpha value is -1.41. The first-order chi connectivity index (χ1) is 9.38. The van der Waals surface area contributed by atoms with Crippen LogP contribution in [0.4, 0.5) is 19.0 Å². The number of halogens is 3. The molecule has 0 spiro atoms. The lowest BCUT2D eigenvalue weighted by Gasteiger charge is -2.25. The van der Waals surface area contributed by atoms with Gasteiger partial charge in [0.25, 0.3) is 0 Å². The van der Waals surface area contributed by atoms with Crippen molar-refractivity contribution in [1.29, 1.82) is 0 Å². The lowest BCUT2D eigenvalue weighted by molar-refractivity contribution is -0.141. The molecule has 8 heteroatoms. The van der Waals surface area contributed by atoms with Crippen molar-refractivity contribution in [3.05, 3.63) is 23.4 Å². The molecule has 0 aliphatic carbocycles. The molecule has 4 nitrogen and oxygen atoms in total. The van der Waals surface area contributed by atoms with Crippen LogP contribution in [0.3, 0.4) is 0 Å². The Morgan fingerprint density at radius 2 is 2.00 bits per heavy atom. The van der Waals surface area contributed by atoms with Crippen molar-refractivity contribution in [1.82, 2.24) is 4.98 Å². The van der Waals surface area contributed by atoms with E-state index in [1.165, 1.54) is 6.07 Å². The standard InChI is InChI=1S/C12H14F3N3OS/c13-12(14,15)9-2-1-8(10(16)20)11(18-9)17-7-3-5-19-6-4-7/h1-2,7H,3-6H2,(H2,16,20)(H,17,18). The largest absolute Gasteiger partial charge is 0.433 e. The monoisotopic (exact) mass is 305 g/mol. The van der Waals surface area contributed by atoms with Gasteiger partial charge in [-0.15, -0.1) is 0 Å². The number of thiocarbonyl (C=S) groups is 1. The van der Waals surface area contributed by atoms with Crippen LogP contribution < -0.4 is 11.1 Å². The van der Waals surface area contributed by atoms with E-state index in [9.17, 15) is 13.2 Å². The van der Waals surface area contributed by atoms with Crippen LogP contribution in [0.15, 0.2) is 12.1 Å². The van der Waals surface area contributed by atoms with Gasteiger partial charge >= 0.3 is 6.18 Å². The molecule has 1 fully saturated rings. The third-order valence-electron chi connectivity index (χ3n) is 3.01. The van der Waals surface area contributed by atoms with Crippen molar-refractivity contribution in [3.63, 3.8) is 0 Å². The highest BCUT2D eigenvalue weighted by atomic mass is 32.1. The Bertz CT molecular complexity index is 501. The number of nitrogens with two attached hydrogens (primary N) is 1. The number of nitrogens with zero attached hydrogens (tertiary/aromatic N) is 1. The maximum atomic E-state index is 12.7. The molecule has 2 heterocycles. The number of aromatic nitrogens is 1. The van der Waals surface area contributed by atoms with Gasteiger partial charge in [0.15, 0.2) is 0 Å². The predicted molar refractivity (Wildman–Crippen MR) is 72.6 cm³/mol. The van der Waals surface area contributed by atoms with Crippen LogP contribution in [0.5, 0.6) is 0 Å². The van der Waals surface area contributed by atoms with Gasteiger partial charge in [-0.05, 0) is 25.0 Å². The third kappa shape index (κ3) is 3.57. The lowest BCUT2D eigenvalue weighted by Crippen LogP contribution is -2.30. The van der Waals surface area contributed by atoms with Gasteiger partial charge in [-0.2, -0.15) is 13.2 Å². The van der Waals surface area contributed by atoms with Gasteiger partial charge in [0.05, 0.1) is 5.56 Å². The summed E-state index contributed by atoms with van der Waals surface area (Å²) in [5.41, 5.74) is 4.88. The molecule has 3 N–H and O–H groups in total. The van der Waals surface area contributed by atoms with E-state index < -0.39 is 11.9 Å². The first-order valence-corrected chi connectivity index (χ1v) is 6.51. The van der Waals surface area contributed by atoms with Crippen LogP contribution in [0.2, 0.25) is 0 Å². The summed E-state index contributed by atoms with van der Waals surface area (Å²) < 4.78 is 43.3. The zero-order chi connectivity index (χ0) is 14.8. The van der Waals surface area contributed by atoms with Crippen molar-refractivity contribution in [2.24, 2.45) is 5.73 Å². The fourth-order valence-electron chi connectivity index (χ4n) is 1.96. The van der Waals surface area contributed by atoms with Crippen LogP contribution in [0.25, 0.3) is 0 Å². The van der Waals surface area contributed by atoms with Gasteiger partial charge in [-0.3, -0.25) is 0 Å². The van der Waals surface area contributed by atoms with Gasteiger partial charge in [0.2, 0.25) is 0 Å². The van der Waals surface area contributed by atoms with E-state index in [2.05, 4.69) is 10.3 Å². The lowest BCUT2D eigenvalue weighted by atomic mass is 10.1.